The molecule has 7 heteroatoms. The van der Waals surface area contributed by atoms with Crippen LogP contribution >= 0.6 is 0 Å². The summed E-state index contributed by atoms with van der Waals surface area (Å²) in [5, 5.41) is 0. The molecule has 2 rings (SSSR count). The highest BCUT2D eigenvalue weighted by Crippen LogP contribution is 2.28. The molecule has 0 aliphatic rings. The maximum Gasteiger partial charge on any atom is 0.326 e. The molecular weight excluding hydrogens is 333 g/mol. The van der Waals surface area contributed by atoms with Gasteiger partial charge in [-0.05, 0) is 55.3 Å². The van der Waals surface area contributed by atoms with E-state index in [9.17, 15) is 17.6 Å². The number of benzene rings is 2. The Hall–Kier alpha value is -2.41. The third-order valence-electron chi connectivity index (χ3n) is 3.75. The lowest BCUT2D eigenvalue weighted by Gasteiger charge is -2.25. The number of hydrogen-bond acceptors (Lipinski definition) is 4. The molecule has 0 radical (unpaired) electrons. The van der Waals surface area contributed by atoms with Gasteiger partial charge in [0.15, 0.2) is 0 Å². The van der Waals surface area contributed by atoms with Gasteiger partial charge in [-0.1, -0.05) is 12.1 Å². The molecule has 5 nitrogen and oxygen atoms in total. The van der Waals surface area contributed by atoms with Crippen molar-refractivity contribution in [3.8, 4) is 0 Å². The van der Waals surface area contributed by atoms with Gasteiger partial charge in [0.2, 0.25) is 0 Å². The smallest absolute Gasteiger partial charge is 0.326 e. The van der Waals surface area contributed by atoms with Gasteiger partial charge < -0.3 is 4.74 Å². The average molecular weight is 351 g/mol. The van der Waals surface area contributed by atoms with E-state index in [0.29, 0.717) is 5.69 Å². The molecule has 2 aromatic rings. The Kier molecular flexibility index (Phi) is 5.23. The van der Waals surface area contributed by atoms with Crippen LogP contribution in [0.2, 0.25) is 0 Å². The summed E-state index contributed by atoms with van der Waals surface area (Å²) in [6, 6.07) is 9.63. The maximum absolute atomic E-state index is 13.1. The maximum atomic E-state index is 13.1. The molecule has 0 aliphatic heterocycles. The number of hydrogen-bond donors (Lipinski definition) is 0. The summed E-state index contributed by atoms with van der Waals surface area (Å²) < 4.78 is 44.6. The first kappa shape index (κ1) is 17.9. The molecule has 0 N–H and O–H groups in total. The van der Waals surface area contributed by atoms with Crippen LogP contribution in [0.25, 0.3) is 0 Å². The van der Waals surface area contributed by atoms with Crippen molar-refractivity contribution in [3.63, 3.8) is 0 Å². The van der Waals surface area contributed by atoms with Gasteiger partial charge in [0.1, 0.15) is 12.4 Å². The van der Waals surface area contributed by atoms with E-state index in [1.165, 1.54) is 19.2 Å². The number of carbonyl (C=O) groups excluding carboxylic acids is 1. The van der Waals surface area contributed by atoms with Crippen LogP contribution in [0, 0.1) is 19.7 Å². The Morgan fingerprint density at radius 2 is 1.75 bits per heavy atom. The highest BCUT2D eigenvalue weighted by atomic mass is 32.2. The number of methoxy groups -OCH3 is 1. The van der Waals surface area contributed by atoms with Gasteiger partial charge in [0.25, 0.3) is 10.0 Å². The zero-order chi connectivity index (χ0) is 17.9. The van der Waals surface area contributed by atoms with E-state index in [4.69, 9.17) is 0 Å². The molecule has 0 atom stereocenters. The van der Waals surface area contributed by atoms with Gasteiger partial charge in [0.05, 0.1) is 17.7 Å². The van der Waals surface area contributed by atoms with E-state index < -0.39 is 28.4 Å². The van der Waals surface area contributed by atoms with Crippen LogP contribution in [-0.2, 0) is 19.6 Å². The zero-order valence-electron chi connectivity index (χ0n) is 13.6. The van der Waals surface area contributed by atoms with Crippen molar-refractivity contribution >= 4 is 21.7 Å². The minimum atomic E-state index is -4.05. The summed E-state index contributed by atoms with van der Waals surface area (Å²) in [5.74, 6) is -1.23. The van der Waals surface area contributed by atoms with Gasteiger partial charge >= 0.3 is 5.97 Å². The zero-order valence-corrected chi connectivity index (χ0v) is 14.4. The lowest BCUT2D eigenvalue weighted by Crippen LogP contribution is -2.36. The molecule has 128 valence electrons. The lowest BCUT2D eigenvalue weighted by atomic mass is 10.1. The highest BCUT2D eigenvalue weighted by molar-refractivity contribution is 7.92. The number of carbonyl (C=O) groups is 1. The van der Waals surface area contributed by atoms with Crippen molar-refractivity contribution in [2.45, 2.75) is 18.7 Å². The number of nitrogens with zero attached hydrogens (tertiary/aromatic N) is 1. The predicted octanol–water partition coefficient (Wildman–Crippen LogP) is 2.81. The molecule has 0 spiro atoms. The van der Waals surface area contributed by atoms with E-state index in [2.05, 4.69) is 4.74 Å². The fourth-order valence-corrected chi connectivity index (χ4v) is 3.69. The van der Waals surface area contributed by atoms with Crippen molar-refractivity contribution < 1.29 is 22.3 Å². The predicted molar refractivity (Wildman–Crippen MR) is 88.9 cm³/mol. The van der Waals surface area contributed by atoms with Crippen LogP contribution in [-0.4, -0.2) is 28.0 Å². The standard InChI is InChI=1S/C17H18FNO4S/c1-12-5-4-6-16(13(12)2)19(11-17(20)23-3)24(21,22)15-9-7-14(18)8-10-15/h4-10H,11H2,1-3H3. The van der Waals surface area contributed by atoms with Crippen LogP contribution in [0.4, 0.5) is 10.1 Å². The lowest BCUT2D eigenvalue weighted by molar-refractivity contribution is -0.138. The molecule has 24 heavy (non-hydrogen) atoms. The van der Waals surface area contributed by atoms with Gasteiger partial charge in [-0.15, -0.1) is 0 Å². The van der Waals surface area contributed by atoms with E-state index in [1.807, 2.05) is 13.0 Å². The Morgan fingerprint density at radius 3 is 2.33 bits per heavy atom. The number of aryl methyl sites for hydroxylation is 1. The molecule has 0 amide bonds. The van der Waals surface area contributed by atoms with Crippen molar-refractivity contribution in [3.05, 3.63) is 59.4 Å². The Bertz CT molecular complexity index is 847. The fraction of sp³-hybridized carbons (Fsp3) is 0.235. The van der Waals surface area contributed by atoms with E-state index in [1.54, 1.807) is 19.1 Å². The number of ether oxygens (including phenoxy) is 1. The summed E-state index contributed by atoms with van der Waals surface area (Å²) in [6.45, 7) is 3.15. The minimum absolute atomic E-state index is 0.103. The van der Waals surface area contributed by atoms with Gasteiger partial charge in [0, 0.05) is 0 Å². The third-order valence-corrected chi connectivity index (χ3v) is 5.52. The minimum Gasteiger partial charge on any atom is -0.468 e. The van der Waals surface area contributed by atoms with E-state index in [-0.39, 0.29) is 4.90 Å². The fourth-order valence-electron chi connectivity index (χ4n) is 2.22. The summed E-state index contributed by atoms with van der Waals surface area (Å²) in [4.78, 5) is 11.6. The number of halogens is 1. The van der Waals surface area contributed by atoms with Crippen LogP contribution < -0.4 is 4.31 Å². The molecular formula is C17H18FNO4S. The summed E-state index contributed by atoms with van der Waals surface area (Å²) in [5.41, 5.74) is 1.99. The molecule has 2 aromatic carbocycles. The van der Waals surface area contributed by atoms with Crippen molar-refractivity contribution in [1.82, 2.24) is 0 Å². The molecule has 0 aliphatic carbocycles. The molecule has 0 aromatic heterocycles. The summed E-state index contributed by atoms with van der Waals surface area (Å²) >= 11 is 0. The van der Waals surface area contributed by atoms with E-state index in [0.717, 1.165) is 27.6 Å². The second-order valence-corrected chi connectivity index (χ2v) is 7.12. The van der Waals surface area contributed by atoms with Crippen molar-refractivity contribution in [1.29, 1.82) is 0 Å². The molecule has 0 heterocycles. The first-order chi connectivity index (χ1) is 11.3. The van der Waals surface area contributed by atoms with Crippen LogP contribution in [0.3, 0.4) is 0 Å². The monoisotopic (exact) mass is 351 g/mol. The van der Waals surface area contributed by atoms with E-state index >= 15 is 0 Å². The molecule has 0 saturated carbocycles. The topological polar surface area (TPSA) is 63.7 Å². The van der Waals surface area contributed by atoms with Crippen molar-refractivity contribution in [2.24, 2.45) is 0 Å². The average Bonchev–Trinajstić information content (AvgIpc) is 2.55. The molecule has 0 fully saturated rings. The number of anilines is 1. The quantitative estimate of drug-likeness (QED) is 0.777. The van der Waals surface area contributed by atoms with Gasteiger partial charge in [-0.25, -0.2) is 12.8 Å². The number of sulfonamides is 1. The van der Waals surface area contributed by atoms with Gasteiger partial charge in [-0.2, -0.15) is 0 Å². The largest absolute Gasteiger partial charge is 0.468 e. The number of esters is 1. The second kappa shape index (κ2) is 7.00. The SMILES string of the molecule is COC(=O)CN(c1cccc(C)c1C)S(=O)(=O)c1ccc(F)cc1. The molecule has 0 unspecified atom stereocenters. The Balaban J connectivity index is 2.59. The van der Waals surface area contributed by atoms with Crippen LogP contribution in [0.1, 0.15) is 11.1 Å². The van der Waals surface area contributed by atoms with Crippen LogP contribution in [0.5, 0.6) is 0 Å². The highest BCUT2D eigenvalue weighted by Gasteiger charge is 2.28. The summed E-state index contributed by atoms with van der Waals surface area (Å²) in [7, 11) is -2.86. The third kappa shape index (κ3) is 3.56. The summed E-state index contributed by atoms with van der Waals surface area (Å²) in [6.07, 6.45) is 0. The second-order valence-electron chi connectivity index (χ2n) is 5.26. The number of rotatable bonds is 5. The molecule has 0 saturated heterocycles. The first-order valence-corrected chi connectivity index (χ1v) is 8.62. The first-order valence-electron chi connectivity index (χ1n) is 7.18. The van der Waals surface area contributed by atoms with Crippen LogP contribution in [0.15, 0.2) is 47.4 Å². The van der Waals surface area contributed by atoms with Gasteiger partial charge in [-0.3, -0.25) is 9.10 Å². The Labute approximate surface area is 140 Å². The molecule has 0 bridgehead atoms. The van der Waals surface area contributed by atoms with Crippen molar-refractivity contribution in [2.75, 3.05) is 18.0 Å². The normalized spacial score (nSPS) is 11.2. The Morgan fingerprint density at radius 1 is 1.12 bits per heavy atom.